The van der Waals surface area contributed by atoms with Gasteiger partial charge in [0.15, 0.2) is 0 Å². The van der Waals surface area contributed by atoms with Crippen LogP contribution in [0.4, 0.5) is 0 Å². The fourth-order valence-electron chi connectivity index (χ4n) is 2.35. The zero-order valence-electron chi connectivity index (χ0n) is 14.7. The van der Waals surface area contributed by atoms with E-state index in [-0.39, 0.29) is 0 Å². The van der Waals surface area contributed by atoms with Crippen molar-refractivity contribution < 1.29 is 0 Å². The van der Waals surface area contributed by atoms with Gasteiger partial charge < -0.3 is 0 Å². The second kappa shape index (κ2) is 6.44. The van der Waals surface area contributed by atoms with E-state index in [9.17, 15) is 0 Å². The predicted octanol–water partition coefficient (Wildman–Crippen LogP) is 6.30. The third kappa shape index (κ3) is 4.03. The van der Waals surface area contributed by atoms with Crippen molar-refractivity contribution in [1.82, 2.24) is 0 Å². The van der Waals surface area contributed by atoms with Crippen molar-refractivity contribution in [3.8, 4) is 19.5 Å². The van der Waals surface area contributed by atoms with Gasteiger partial charge in [-0.2, -0.15) is 0 Å². The summed E-state index contributed by atoms with van der Waals surface area (Å²) in [7, 11) is -1.19. The summed E-state index contributed by atoms with van der Waals surface area (Å²) in [5.74, 6) is 0. The summed E-state index contributed by atoms with van der Waals surface area (Å²) in [6.45, 7) is 7.27. The molecule has 0 atom stereocenters. The Morgan fingerprint density at radius 1 is 0.652 bits per heavy atom. The van der Waals surface area contributed by atoms with Crippen LogP contribution in [-0.2, 0) is 0 Å². The molecule has 3 aromatic heterocycles. The van der Waals surface area contributed by atoms with E-state index in [0.29, 0.717) is 0 Å². The summed E-state index contributed by atoms with van der Waals surface area (Å²) in [5, 5.41) is 0. The second-order valence-electron chi connectivity index (χ2n) is 7.99. The Hall–Kier alpha value is 0.116. The minimum atomic E-state index is -1.92. The van der Waals surface area contributed by atoms with Gasteiger partial charge in [-0.25, -0.2) is 0 Å². The van der Waals surface area contributed by atoms with E-state index in [1.807, 2.05) is 34.0 Å². The van der Waals surface area contributed by atoms with Gasteiger partial charge in [-0.1, -0.05) is 0 Å². The normalized spacial score (nSPS) is 12.8. The molecular formula is C18H24S3SiSn. The van der Waals surface area contributed by atoms with Gasteiger partial charge >= 0.3 is 158 Å². The molecule has 0 aliphatic carbocycles. The molecule has 0 bridgehead atoms. The SMILES string of the molecule is C[Si](C)(C)c1ccc(-c2ccc(-c3cc[c]([Sn]([CH3])([CH3])[CH3])s3)s2)s1. The van der Waals surface area contributed by atoms with E-state index >= 15 is 0 Å². The summed E-state index contributed by atoms with van der Waals surface area (Å²) in [6.07, 6.45) is 0. The summed E-state index contributed by atoms with van der Waals surface area (Å²) in [4.78, 5) is 13.2. The molecule has 0 unspecified atom stereocenters. The molecule has 0 aliphatic rings. The van der Waals surface area contributed by atoms with Crippen molar-refractivity contribution in [1.29, 1.82) is 0 Å². The Balaban J connectivity index is 1.89. The van der Waals surface area contributed by atoms with Crippen LogP contribution in [0.5, 0.6) is 0 Å². The third-order valence-corrected chi connectivity index (χ3v) is 20.5. The molecule has 0 radical (unpaired) electrons. The summed E-state index contributed by atoms with van der Waals surface area (Å²) in [5.41, 5.74) is 0. The van der Waals surface area contributed by atoms with E-state index in [1.165, 1.54) is 19.5 Å². The quantitative estimate of drug-likeness (QED) is 0.383. The maximum absolute atomic E-state index is 2.49. The van der Waals surface area contributed by atoms with Gasteiger partial charge in [0.1, 0.15) is 0 Å². The van der Waals surface area contributed by atoms with E-state index in [4.69, 9.17) is 0 Å². The first-order valence-corrected chi connectivity index (χ1v) is 23.9. The van der Waals surface area contributed by atoms with Crippen LogP contribution in [0, 0.1) is 0 Å². The standard InChI is InChI=1S/C15H15S3Si.3CH3.Sn/c1-19(2,3)15-9-8-14(18-15)13-7-6-12(17-13)11-5-4-10-16-11;;;;/h4-9H,1-3H3;3*1H3;. The molecule has 0 amide bonds. The van der Waals surface area contributed by atoms with Crippen molar-refractivity contribution in [2.45, 2.75) is 34.5 Å². The average Bonchev–Trinajstić information content (AvgIpc) is 3.17. The van der Waals surface area contributed by atoms with Gasteiger partial charge in [-0.3, -0.25) is 0 Å². The molecule has 23 heavy (non-hydrogen) atoms. The fourth-order valence-corrected chi connectivity index (χ4v) is 12.7. The molecule has 0 spiro atoms. The molecule has 3 aromatic rings. The van der Waals surface area contributed by atoms with E-state index < -0.39 is 26.5 Å². The molecule has 0 fully saturated rings. The van der Waals surface area contributed by atoms with E-state index in [1.54, 1.807) is 7.39 Å². The maximum atomic E-state index is 2.49. The molecule has 0 aromatic carbocycles. The Morgan fingerprint density at radius 3 is 1.61 bits per heavy atom. The van der Waals surface area contributed by atoms with Crippen molar-refractivity contribution >= 4 is 67.9 Å². The first-order chi connectivity index (χ1) is 10.6. The average molecular weight is 483 g/mol. The minimum absolute atomic E-state index is 1.19. The van der Waals surface area contributed by atoms with Crippen molar-refractivity contribution in [3.05, 3.63) is 36.4 Å². The van der Waals surface area contributed by atoms with Crippen LogP contribution in [0.15, 0.2) is 36.4 Å². The molecule has 3 rings (SSSR count). The van der Waals surface area contributed by atoms with Crippen LogP contribution in [0.1, 0.15) is 0 Å². The molecule has 3 heterocycles. The topological polar surface area (TPSA) is 0 Å². The first-order valence-electron chi connectivity index (χ1n) is 7.96. The van der Waals surface area contributed by atoms with Crippen LogP contribution >= 0.6 is 34.0 Å². The van der Waals surface area contributed by atoms with Crippen LogP contribution in [0.2, 0.25) is 34.5 Å². The van der Waals surface area contributed by atoms with Crippen molar-refractivity contribution in [2.24, 2.45) is 0 Å². The van der Waals surface area contributed by atoms with Gasteiger partial charge in [0, 0.05) is 0 Å². The van der Waals surface area contributed by atoms with Gasteiger partial charge in [-0.15, -0.1) is 0 Å². The van der Waals surface area contributed by atoms with Gasteiger partial charge in [0.25, 0.3) is 0 Å². The Kier molecular flexibility index (Phi) is 5.02. The number of rotatable bonds is 4. The summed E-state index contributed by atoms with van der Waals surface area (Å²) in [6, 6.07) is 14.0. The van der Waals surface area contributed by atoms with Crippen molar-refractivity contribution in [2.75, 3.05) is 0 Å². The third-order valence-electron chi connectivity index (χ3n) is 3.78. The monoisotopic (exact) mass is 484 g/mol. The molecule has 122 valence electrons. The zero-order valence-corrected chi connectivity index (χ0v) is 21.0. The molecule has 5 heteroatoms. The van der Waals surface area contributed by atoms with Crippen LogP contribution in [0.3, 0.4) is 0 Å². The molecule has 0 saturated carbocycles. The van der Waals surface area contributed by atoms with E-state index in [2.05, 4.69) is 70.9 Å². The molecular weight excluding hydrogens is 459 g/mol. The number of thiophene rings is 3. The summed E-state index contributed by atoms with van der Waals surface area (Å²) >= 11 is 4.05. The van der Waals surface area contributed by atoms with Gasteiger partial charge in [0.05, 0.1) is 0 Å². The Morgan fingerprint density at radius 2 is 1.13 bits per heavy atom. The molecule has 0 N–H and O–H groups in total. The molecule has 0 saturated heterocycles. The van der Waals surface area contributed by atoms with Crippen LogP contribution in [0.25, 0.3) is 19.5 Å². The first kappa shape index (κ1) is 17.9. The van der Waals surface area contributed by atoms with E-state index in [0.717, 1.165) is 0 Å². The zero-order chi connectivity index (χ0) is 16.8. The van der Waals surface area contributed by atoms with Gasteiger partial charge in [0.2, 0.25) is 0 Å². The number of hydrogen-bond donors (Lipinski definition) is 0. The van der Waals surface area contributed by atoms with Crippen LogP contribution < -0.4 is 7.39 Å². The van der Waals surface area contributed by atoms with Gasteiger partial charge in [-0.05, 0) is 0 Å². The Labute approximate surface area is 157 Å². The Bertz CT molecular complexity index is 745. The van der Waals surface area contributed by atoms with Crippen molar-refractivity contribution in [3.63, 3.8) is 0 Å². The van der Waals surface area contributed by atoms with Crippen LogP contribution in [-0.4, -0.2) is 26.5 Å². The number of hydrogen-bond acceptors (Lipinski definition) is 3. The summed E-state index contributed by atoms with van der Waals surface area (Å²) < 4.78 is 3.27. The predicted molar refractivity (Wildman–Crippen MR) is 117 cm³/mol. The fraction of sp³-hybridized carbons (Fsp3) is 0.333. The second-order valence-corrected chi connectivity index (χ2v) is 32.1. The molecule has 0 nitrogen and oxygen atoms in total. The molecule has 0 aliphatic heterocycles.